The third kappa shape index (κ3) is 4.07. The molecule has 1 aliphatic rings. The maximum atomic E-state index is 13.2. The van der Waals surface area contributed by atoms with Crippen molar-refractivity contribution in [1.29, 1.82) is 0 Å². The Bertz CT molecular complexity index is 856. The van der Waals surface area contributed by atoms with E-state index in [4.69, 9.17) is 11.6 Å². The van der Waals surface area contributed by atoms with E-state index in [-0.39, 0.29) is 17.6 Å². The van der Waals surface area contributed by atoms with Gasteiger partial charge in [0.25, 0.3) is 0 Å². The lowest BCUT2D eigenvalue weighted by Gasteiger charge is -2.12. The van der Waals surface area contributed by atoms with E-state index < -0.39 is 34.4 Å². The fourth-order valence-corrected chi connectivity index (χ4v) is 2.85. The number of anilines is 1. The maximum absolute atomic E-state index is 13.2. The molecule has 2 atom stereocenters. The van der Waals surface area contributed by atoms with Gasteiger partial charge in [-0.3, -0.25) is 0 Å². The van der Waals surface area contributed by atoms with Crippen LogP contribution in [0.1, 0.15) is 23.5 Å². The molecule has 0 saturated heterocycles. The van der Waals surface area contributed by atoms with Gasteiger partial charge in [0.2, 0.25) is 0 Å². The van der Waals surface area contributed by atoms with Crippen molar-refractivity contribution >= 4 is 23.3 Å². The summed E-state index contributed by atoms with van der Waals surface area (Å²) < 4.78 is 64.6. The molecule has 0 bridgehead atoms. The molecule has 26 heavy (non-hydrogen) atoms. The predicted molar refractivity (Wildman–Crippen MR) is 86.1 cm³/mol. The molecule has 2 aromatic carbocycles. The molecule has 0 aromatic heterocycles. The smallest absolute Gasteiger partial charge is 0.334 e. The molecule has 3 nitrogen and oxygen atoms in total. The summed E-state index contributed by atoms with van der Waals surface area (Å²) in [4.78, 5) is 11.9. The van der Waals surface area contributed by atoms with E-state index in [1.165, 1.54) is 12.1 Å². The van der Waals surface area contributed by atoms with Gasteiger partial charge in [0.15, 0.2) is 11.6 Å². The average molecular weight is 391 g/mol. The number of alkyl halides is 3. The summed E-state index contributed by atoms with van der Waals surface area (Å²) in [6.45, 7) is 0. The summed E-state index contributed by atoms with van der Waals surface area (Å²) >= 11 is 5.52. The highest BCUT2D eigenvalue weighted by molar-refractivity contribution is 6.31. The highest BCUT2D eigenvalue weighted by Crippen LogP contribution is 2.41. The van der Waals surface area contributed by atoms with E-state index in [1.807, 2.05) is 0 Å². The van der Waals surface area contributed by atoms with Crippen molar-refractivity contribution in [2.24, 2.45) is 0 Å². The summed E-state index contributed by atoms with van der Waals surface area (Å²) in [5.74, 6) is -2.11. The molecule has 3 rings (SSSR count). The molecule has 2 amide bonds. The van der Waals surface area contributed by atoms with Crippen molar-refractivity contribution in [2.75, 3.05) is 5.32 Å². The van der Waals surface area contributed by atoms with Crippen molar-refractivity contribution in [3.8, 4) is 0 Å². The van der Waals surface area contributed by atoms with E-state index in [9.17, 15) is 26.7 Å². The van der Waals surface area contributed by atoms with E-state index in [0.717, 1.165) is 24.3 Å². The second-order valence-corrected chi connectivity index (χ2v) is 6.32. The molecule has 0 aliphatic heterocycles. The fourth-order valence-electron chi connectivity index (χ4n) is 2.62. The highest BCUT2D eigenvalue weighted by atomic mass is 35.5. The Labute approximate surface area is 150 Å². The van der Waals surface area contributed by atoms with Crippen LogP contribution in [-0.2, 0) is 6.18 Å². The number of rotatable bonds is 3. The lowest BCUT2D eigenvalue weighted by Crippen LogP contribution is -2.31. The number of hydrogen-bond acceptors (Lipinski definition) is 1. The van der Waals surface area contributed by atoms with Crippen LogP contribution < -0.4 is 10.6 Å². The minimum absolute atomic E-state index is 0.0655. The Balaban J connectivity index is 1.61. The van der Waals surface area contributed by atoms with Gasteiger partial charge in [0.1, 0.15) is 0 Å². The van der Waals surface area contributed by atoms with E-state index in [2.05, 4.69) is 10.6 Å². The standard InChI is InChI=1S/C17H12ClF5N2O/c18-12-3-2-9(6-11(12)17(21,22)23)24-16(26)25-15-7-10(15)8-1-4-13(19)14(20)5-8/h1-6,10,15H,7H2,(H2,24,25,26)/t10-,15+/m0/s1. The van der Waals surface area contributed by atoms with Crippen LogP contribution in [-0.4, -0.2) is 12.1 Å². The van der Waals surface area contributed by atoms with Crippen molar-refractivity contribution in [1.82, 2.24) is 5.32 Å². The second-order valence-electron chi connectivity index (χ2n) is 5.91. The van der Waals surface area contributed by atoms with Gasteiger partial charge >= 0.3 is 12.2 Å². The van der Waals surface area contributed by atoms with Gasteiger partial charge in [0.05, 0.1) is 10.6 Å². The van der Waals surface area contributed by atoms with Crippen molar-refractivity contribution in [3.05, 3.63) is 64.2 Å². The third-order valence-corrected chi connectivity index (χ3v) is 4.34. The van der Waals surface area contributed by atoms with E-state index in [0.29, 0.717) is 12.0 Å². The summed E-state index contributed by atoms with van der Waals surface area (Å²) in [6, 6.07) is 5.52. The van der Waals surface area contributed by atoms with Gasteiger partial charge in [-0.25, -0.2) is 13.6 Å². The summed E-state index contributed by atoms with van der Waals surface area (Å²) in [5, 5.41) is 4.41. The first-order valence-corrected chi connectivity index (χ1v) is 7.92. The SMILES string of the molecule is O=C(Nc1ccc(Cl)c(C(F)(F)F)c1)N[C@@H]1C[C@H]1c1ccc(F)c(F)c1. The maximum Gasteiger partial charge on any atom is 0.417 e. The molecule has 9 heteroatoms. The van der Waals surface area contributed by atoms with Crippen LogP contribution in [0, 0.1) is 11.6 Å². The molecular formula is C17H12ClF5N2O. The molecule has 2 aromatic rings. The molecule has 138 valence electrons. The normalized spacial score (nSPS) is 19.2. The minimum Gasteiger partial charge on any atom is -0.334 e. The van der Waals surface area contributed by atoms with Crippen molar-refractivity contribution in [3.63, 3.8) is 0 Å². The molecule has 0 unspecified atom stereocenters. The molecule has 2 N–H and O–H groups in total. The number of amides is 2. The fraction of sp³-hybridized carbons (Fsp3) is 0.235. The molecule has 0 heterocycles. The van der Waals surface area contributed by atoms with Crippen molar-refractivity contribution in [2.45, 2.75) is 24.6 Å². The lowest BCUT2D eigenvalue weighted by atomic mass is 10.1. The second kappa shape index (κ2) is 6.75. The quantitative estimate of drug-likeness (QED) is 0.685. The Kier molecular flexibility index (Phi) is 4.79. The van der Waals surface area contributed by atoms with Crippen LogP contribution in [0.25, 0.3) is 0 Å². The number of urea groups is 1. The van der Waals surface area contributed by atoms with Gasteiger partial charge in [-0.05, 0) is 42.3 Å². The molecule has 1 aliphatic carbocycles. The van der Waals surface area contributed by atoms with Crippen LogP contribution in [0.2, 0.25) is 5.02 Å². The summed E-state index contributed by atoms with van der Waals surface area (Å²) in [6.07, 6.45) is -4.12. The van der Waals surface area contributed by atoms with Crippen molar-refractivity contribution < 1.29 is 26.7 Å². The number of benzene rings is 2. The minimum atomic E-state index is -4.64. The summed E-state index contributed by atoms with van der Waals surface area (Å²) in [5.41, 5.74) is -0.577. The Morgan fingerprint density at radius 3 is 2.46 bits per heavy atom. The monoisotopic (exact) mass is 390 g/mol. The number of carbonyl (C=O) groups excluding carboxylic acids is 1. The summed E-state index contributed by atoms with van der Waals surface area (Å²) in [7, 11) is 0. The van der Waals surface area contributed by atoms with Gasteiger partial charge in [0, 0.05) is 17.6 Å². The number of carbonyl (C=O) groups is 1. The van der Waals surface area contributed by atoms with E-state index >= 15 is 0 Å². The first kappa shape index (κ1) is 18.4. The number of halogens is 6. The van der Waals surface area contributed by atoms with Crippen LogP contribution in [0.15, 0.2) is 36.4 Å². The predicted octanol–water partition coefficient (Wildman–Crippen LogP) is 5.31. The van der Waals surface area contributed by atoms with Gasteiger partial charge < -0.3 is 10.6 Å². The largest absolute Gasteiger partial charge is 0.417 e. The highest BCUT2D eigenvalue weighted by Gasteiger charge is 2.40. The lowest BCUT2D eigenvalue weighted by molar-refractivity contribution is -0.137. The third-order valence-electron chi connectivity index (χ3n) is 4.01. The molecule has 0 spiro atoms. The molecule has 1 saturated carbocycles. The first-order chi connectivity index (χ1) is 12.1. The Hall–Kier alpha value is -2.35. The van der Waals surface area contributed by atoms with E-state index in [1.54, 1.807) is 0 Å². The number of nitrogens with one attached hydrogen (secondary N) is 2. The zero-order valence-corrected chi connectivity index (χ0v) is 13.8. The van der Waals surface area contributed by atoms with Gasteiger partial charge in [-0.2, -0.15) is 13.2 Å². The number of hydrogen-bond donors (Lipinski definition) is 2. The zero-order valence-electron chi connectivity index (χ0n) is 13.0. The van der Waals surface area contributed by atoms with Crippen LogP contribution in [0.4, 0.5) is 32.4 Å². The van der Waals surface area contributed by atoms with Gasteiger partial charge in [-0.15, -0.1) is 0 Å². The van der Waals surface area contributed by atoms with Crippen LogP contribution in [0.5, 0.6) is 0 Å². The first-order valence-electron chi connectivity index (χ1n) is 7.54. The molecule has 0 radical (unpaired) electrons. The Morgan fingerprint density at radius 2 is 1.81 bits per heavy atom. The molecule has 1 fully saturated rings. The Morgan fingerprint density at radius 1 is 1.08 bits per heavy atom. The zero-order chi connectivity index (χ0) is 19.1. The molecular weight excluding hydrogens is 379 g/mol. The topological polar surface area (TPSA) is 41.1 Å². The average Bonchev–Trinajstić information content (AvgIpc) is 3.29. The van der Waals surface area contributed by atoms with Crippen LogP contribution >= 0.6 is 11.6 Å². The van der Waals surface area contributed by atoms with Gasteiger partial charge in [-0.1, -0.05) is 17.7 Å². The van der Waals surface area contributed by atoms with Crippen LogP contribution in [0.3, 0.4) is 0 Å².